The molecule has 2 N–H and O–H groups in total. The van der Waals surface area contributed by atoms with E-state index in [1.165, 1.54) is 7.11 Å². The number of amides is 1. The van der Waals surface area contributed by atoms with E-state index in [2.05, 4.69) is 36.1 Å². The molecule has 1 aromatic carbocycles. The first kappa shape index (κ1) is 17.2. The van der Waals surface area contributed by atoms with Crippen LogP contribution in [0.3, 0.4) is 0 Å². The second-order valence-corrected chi connectivity index (χ2v) is 6.00. The maximum absolute atomic E-state index is 11.9. The van der Waals surface area contributed by atoms with Crippen molar-refractivity contribution in [3.05, 3.63) is 29.3 Å². The Morgan fingerprint density at radius 3 is 2.48 bits per heavy atom. The van der Waals surface area contributed by atoms with Gasteiger partial charge in [0.1, 0.15) is 0 Å². The van der Waals surface area contributed by atoms with Gasteiger partial charge in [0, 0.05) is 24.2 Å². The van der Waals surface area contributed by atoms with Crippen LogP contribution in [0.5, 0.6) is 0 Å². The van der Waals surface area contributed by atoms with Crippen molar-refractivity contribution in [2.45, 2.75) is 39.7 Å². The highest BCUT2D eigenvalue weighted by Gasteiger charge is 2.12. The quantitative estimate of drug-likeness (QED) is 0.818. The van der Waals surface area contributed by atoms with Crippen molar-refractivity contribution in [2.75, 3.05) is 19.0 Å². The standard InChI is InChI=1S/C16H24N2O3/c1-11-6-7-12(15(20)21-5)10-13(11)18-14(19)8-9-17-16(2,3)4/h6-7,10,17H,8-9H2,1-5H3,(H,18,19). The first-order valence-corrected chi connectivity index (χ1v) is 6.97. The van der Waals surface area contributed by atoms with Crippen LogP contribution in [0.2, 0.25) is 0 Å². The molecule has 0 bridgehead atoms. The van der Waals surface area contributed by atoms with Crippen LogP contribution in [0.4, 0.5) is 5.69 Å². The van der Waals surface area contributed by atoms with Gasteiger partial charge in [0.2, 0.25) is 5.91 Å². The van der Waals surface area contributed by atoms with E-state index >= 15 is 0 Å². The van der Waals surface area contributed by atoms with Crippen molar-refractivity contribution < 1.29 is 14.3 Å². The number of esters is 1. The van der Waals surface area contributed by atoms with Crippen LogP contribution in [-0.4, -0.2) is 31.1 Å². The molecule has 0 aliphatic rings. The molecule has 1 aromatic rings. The fraction of sp³-hybridized carbons (Fsp3) is 0.500. The lowest BCUT2D eigenvalue weighted by molar-refractivity contribution is -0.116. The van der Waals surface area contributed by atoms with E-state index in [-0.39, 0.29) is 11.4 Å². The van der Waals surface area contributed by atoms with Gasteiger partial charge in [0.25, 0.3) is 0 Å². The summed E-state index contributed by atoms with van der Waals surface area (Å²) < 4.78 is 4.68. The largest absolute Gasteiger partial charge is 0.465 e. The first-order valence-electron chi connectivity index (χ1n) is 6.97. The Hall–Kier alpha value is -1.88. The van der Waals surface area contributed by atoms with Gasteiger partial charge in [-0.25, -0.2) is 4.79 Å². The summed E-state index contributed by atoms with van der Waals surface area (Å²) in [5.74, 6) is -0.503. The predicted octanol–water partition coefficient (Wildman–Crippen LogP) is 2.50. The molecule has 0 saturated carbocycles. The molecule has 0 spiro atoms. The van der Waals surface area contributed by atoms with Gasteiger partial charge in [-0.1, -0.05) is 6.07 Å². The molecule has 0 aliphatic carbocycles. The lowest BCUT2D eigenvalue weighted by atomic mass is 10.1. The number of rotatable bonds is 5. The summed E-state index contributed by atoms with van der Waals surface area (Å²) in [6, 6.07) is 5.10. The van der Waals surface area contributed by atoms with Gasteiger partial charge < -0.3 is 15.4 Å². The minimum Gasteiger partial charge on any atom is -0.465 e. The molecule has 0 aromatic heterocycles. The van der Waals surface area contributed by atoms with Gasteiger partial charge >= 0.3 is 5.97 Å². The number of benzene rings is 1. The predicted molar refractivity (Wildman–Crippen MR) is 83.5 cm³/mol. The summed E-state index contributed by atoms with van der Waals surface area (Å²) in [7, 11) is 1.33. The van der Waals surface area contributed by atoms with Crippen molar-refractivity contribution in [3.8, 4) is 0 Å². The molecule has 0 radical (unpaired) electrons. The van der Waals surface area contributed by atoms with Crippen molar-refractivity contribution >= 4 is 17.6 Å². The van der Waals surface area contributed by atoms with E-state index in [1.54, 1.807) is 18.2 Å². The third-order valence-corrected chi connectivity index (χ3v) is 2.94. The highest BCUT2D eigenvalue weighted by molar-refractivity contribution is 5.95. The zero-order valence-electron chi connectivity index (χ0n) is 13.4. The molecule has 0 heterocycles. The molecule has 116 valence electrons. The number of ether oxygens (including phenoxy) is 1. The number of aryl methyl sites for hydroxylation is 1. The van der Waals surface area contributed by atoms with E-state index in [1.807, 2.05) is 6.92 Å². The molecule has 5 heteroatoms. The Kier molecular flexibility index (Phi) is 5.90. The Labute approximate surface area is 126 Å². The normalized spacial score (nSPS) is 11.1. The van der Waals surface area contributed by atoms with E-state index < -0.39 is 5.97 Å². The van der Waals surface area contributed by atoms with Gasteiger partial charge in [0.15, 0.2) is 0 Å². The third-order valence-electron chi connectivity index (χ3n) is 2.94. The fourth-order valence-corrected chi connectivity index (χ4v) is 1.77. The van der Waals surface area contributed by atoms with Crippen LogP contribution in [0, 0.1) is 6.92 Å². The van der Waals surface area contributed by atoms with Gasteiger partial charge in [-0.05, 0) is 45.4 Å². The molecule has 0 unspecified atom stereocenters. The topological polar surface area (TPSA) is 67.4 Å². The van der Waals surface area contributed by atoms with Crippen LogP contribution < -0.4 is 10.6 Å². The Morgan fingerprint density at radius 1 is 1.24 bits per heavy atom. The fourth-order valence-electron chi connectivity index (χ4n) is 1.77. The summed E-state index contributed by atoms with van der Waals surface area (Å²) in [5, 5.41) is 6.09. The molecule has 0 fully saturated rings. The SMILES string of the molecule is COC(=O)c1ccc(C)c(NC(=O)CCNC(C)(C)C)c1. The van der Waals surface area contributed by atoms with Crippen molar-refractivity contribution in [1.82, 2.24) is 5.32 Å². The second-order valence-electron chi connectivity index (χ2n) is 6.00. The summed E-state index contributed by atoms with van der Waals surface area (Å²) in [4.78, 5) is 23.4. The lowest BCUT2D eigenvalue weighted by Crippen LogP contribution is -2.37. The Balaban J connectivity index is 2.65. The lowest BCUT2D eigenvalue weighted by Gasteiger charge is -2.20. The molecular weight excluding hydrogens is 268 g/mol. The number of carbonyl (C=O) groups excluding carboxylic acids is 2. The van der Waals surface area contributed by atoms with E-state index in [9.17, 15) is 9.59 Å². The van der Waals surface area contributed by atoms with Gasteiger partial charge in [-0.15, -0.1) is 0 Å². The minimum atomic E-state index is -0.417. The van der Waals surface area contributed by atoms with Gasteiger partial charge in [0.05, 0.1) is 12.7 Å². The zero-order valence-corrected chi connectivity index (χ0v) is 13.4. The molecule has 1 rings (SSSR count). The third kappa shape index (κ3) is 5.95. The number of hydrogen-bond acceptors (Lipinski definition) is 4. The summed E-state index contributed by atoms with van der Waals surface area (Å²) in [5.41, 5.74) is 1.95. The van der Waals surface area contributed by atoms with Gasteiger partial charge in [-0.2, -0.15) is 0 Å². The highest BCUT2D eigenvalue weighted by atomic mass is 16.5. The Bertz CT molecular complexity index is 519. The maximum Gasteiger partial charge on any atom is 0.337 e. The number of anilines is 1. The molecule has 0 saturated heterocycles. The molecule has 5 nitrogen and oxygen atoms in total. The van der Waals surface area contributed by atoms with Crippen LogP contribution in [0.1, 0.15) is 43.1 Å². The second kappa shape index (κ2) is 7.22. The monoisotopic (exact) mass is 292 g/mol. The van der Waals surface area contributed by atoms with Crippen molar-refractivity contribution in [3.63, 3.8) is 0 Å². The average Bonchev–Trinajstić information content (AvgIpc) is 2.39. The molecule has 0 atom stereocenters. The van der Waals surface area contributed by atoms with Crippen molar-refractivity contribution in [2.24, 2.45) is 0 Å². The molecule has 21 heavy (non-hydrogen) atoms. The number of methoxy groups -OCH3 is 1. The van der Waals surface area contributed by atoms with Crippen LogP contribution in [-0.2, 0) is 9.53 Å². The maximum atomic E-state index is 11.9. The van der Waals surface area contributed by atoms with Crippen molar-refractivity contribution in [1.29, 1.82) is 0 Å². The number of hydrogen-bond donors (Lipinski definition) is 2. The van der Waals surface area contributed by atoms with Gasteiger partial charge in [-0.3, -0.25) is 4.79 Å². The summed E-state index contributed by atoms with van der Waals surface area (Å²) >= 11 is 0. The Morgan fingerprint density at radius 2 is 1.90 bits per heavy atom. The number of nitrogens with one attached hydrogen (secondary N) is 2. The zero-order chi connectivity index (χ0) is 16.0. The summed E-state index contributed by atoms with van der Waals surface area (Å²) in [6.45, 7) is 8.63. The first-order chi connectivity index (χ1) is 9.73. The molecular formula is C16H24N2O3. The molecule has 0 aliphatic heterocycles. The van der Waals surface area contributed by atoms with Crippen LogP contribution >= 0.6 is 0 Å². The summed E-state index contributed by atoms with van der Waals surface area (Å²) in [6.07, 6.45) is 0.374. The van der Waals surface area contributed by atoms with E-state index in [0.29, 0.717) is 24.2 Å². The average molecular weight is 292 g/mol. The minimum absolute atomic E-state index is 0.0129. The van der Waals surface area contributed by atoms with E-state index in [0.717, 1.165) is 5.56 Å². The highest BCUT2D eigenvalue weighted by Crippen LogP contribution is 2.17. The smallest absolute Gasteiger partial charge is 0.337 e. The number of carbonyl (C=O) groups is 2. The van der Waals surface area contributed by atoms with Crippen LogP contribution in [0.15, 0.2) is 18.2 Å². The molecule has 1 amide bonds. The van der Waals surface area contributed by atoms with E-state index in [4.69, 9.17) is 0 Å². The van der Waals surface area contributed by atoms with Crippen LogP contribution in [0.25, 0.3) is 0 Å².